The smallest absolute Gasteiger partial charge is 0.138 e. The van der Waals surface area contributed by atoms with Crippen molar-refractivity contribution in [3.63, 3.8) is 0 Å². The summed E-state index contributed by atoms with van der Waals surface area (Å²) in [5.74, 6) is 0.639. The molecule has 1 aromatic rings. The zero-order valence-corrected chi connectivity index (χ0v) is 9.39. The molecule has 1 unspecified atom stereocenters. The first kappa shape index (κ1) is 10.3. The standard InChI is InChI=1S/C8H13ClN4S/c9-8-7(11-12-14-8)5-13-2-1-6(3-10)4-13/h6H,1-5,10H2. The van der Waals surface area contributed by atoms with Gasteiger partial charge in [0.15, 0.2) is 0 Å². The van der Waals surface area contributed by atoms with Crippen molar-refractivity contribution < 1.29 is 0 Å². The summed E-state index contributed by atoms with van der Waals surface area (Å²) >= 11 is 7.18. The molecular weight excluding hydrogens is 220 g/mol. The lowest BCUT2D eigenvalue weighted by atomic mass is 10.1. The highest BCUT2D eigenvalue weighted by atomic mass is 35.5. The van der Waals surface area contributed by atoms with Gasteiger partial charge in [0.25, 0.3) is 0 Å². The molecule has 0 amide bonds. The quantitative estimate of drug-likeness (QED) is 0.844. The van der Waals surface area contributed by atoms with Crippen LogP contribution in [0.15, 0.2) is 0 Å². The Kier molecular flexibility index (Phi) is 3.33. The van der Waals surface area contributed by atoms with E-state index in [4.69, 9.17) is 17.3 Å². The number of aromatic nitrogens is 2. The first-order valence-corrected chi connectivity index (χ1v) is 5.84. The van der Waals surface area contributed by atoms with Crippen molar-refractivity contribution in [2.75, 3.05) is 19.6 Å². The van der Waals surface area contributed by atoms with E-state index in [2.05, 4.69) is 14.5 Å². The van der Waals surface area contributed by atoms with Gasteiger partial charge in [-0.2, -0.15) is 0 Å². The number of nitrogens with two attached hydrogens (primary N) is 1. The van der Waals surface area contributed by atoms with E-state index >= 15 is 0 Å². The minimum absolute atomic E-state index is 0.639. The molecule has 6 heteroatoms. The molecule has 0 aliphatic carbocycles. The van der Waals surface area contributed by atoms with Gasteiger partial charge in [-0.1, -0.05) is 16.1 Å². The topological polar surface area (TPSA) is 55.0 Å². The van der Waals surface area contributed by atoms with Crippen LogP contribution < -0.4 is 5.73 Å². The highest BCUT2D eigenvalue weighted by Gasteiger charge is 2.22. The summed E-state index contributed by atoms with van der Waals surface area (Å²) in [6.07, 6.45) is 1.19. The number of likely N-dealkylation sites (tertiary alicyclic amines) is 1. The van der Waals surface area contributed by atoms with Crippen molar-refractivity contribution in [2.45, 2.75) is 13.0 Å². The van der Waals surface area contributed by atoms with Gasteiger partial charge >= 0.3 is 0 Å². The van der Waals surface area contributed by atoms with Gasteiger partial charge in [0.1, 0.15) is 10.0 Å². The summed E-state index contributed by atoms with van der Waals surface area (Å²) in [5.41, 5.74) is 6.52. The molecule has 1 atom stereocenters. The Morgan fingerprint density at radius 2 is 2.50 bits per heavy atom. The van der Waals surface area contributed by atoms with E-state index in [-0.39, 0.29) is 0 Å². The van der Waals surface area contributed by atoms with Gasteiger partial charge in [0.2, 0.25) is 0 Å². The lowest BCUT2D eigenvalue weighted by Crippen LogP contribution is -2.23. The Balaban J connectivity index is 1.90. The molecule has 0 aromatic carbocycles. The Morgan fingerprint density at radius 3 is 3.07 bits per heavy atom. The molecule has 1 saturated heterocycles. The number of hydrogen-bond acceptors (Lipinski definition) is 5. The summed E-state index contributed by atoms with van der Waals surface area (Å²) < 4.78 is 4.52. The molecule has 4 nitrogen and oxygen atoms in total. The molecule has 0 saturated carbocycles. The third-order valence-corrected chi connectivity index (χ3v) is 3.57. The zero-order valence-electron chi connectivity index (χ0n) is 7.82. The lowest BCUT2D eigenvalue weighted by Gasteiger charge is -2.13. The van der Waals surface area contributed by atoms with Crippen molar-refractivity contribution in [1.82, 2.24) is 14.5 Å². The summed E-state index contributed by atoms with van der Waals surface area (Å²) in [5, 5.41) is 3.99. The van der Waals surface area contributed by atoms with E-state index in [0.717, 1.165) is 31.9 Å². The van der Waals surface area contributed by atoms with Crippen LogP contribution in [0.4, 0.5) is 0 Å². The number of rotatable bonds is 3. The maximum absolute atomic E-state index is 5.93. The normalized spacial score (nSPS) is 23.1. The van der Waals surface area contributed by atoms with E-state index in [0.29, 0.717) is 10.3 Å². The fraction of sp³-hybridized carbons (Fsp3) is 0.750. The maximum atomic E-state index is 5.93. The van der Waals surface area contributed by atoms with Crippen LogP contribution in [0, 0.1) is 5.92 Å². The van der Waals surface area contributed by atoms with Crippen molar-refractivity contribution in [3.8, 4) is 0 Å². The summed E-state index contributed by atoms with van der Waals surface area (Å²) in [7, 11) is 0. The SMILES string of the molecule is NCC1CCN(Cc2nnsc2Cl)C1. The number of hydrogen-bond donors (Lipinski definition) is 1. The molecule has 2 N–H and O–H groups in total. The fourth-order valence-corrected chi connectivity index (χ4v) is 2.36. The summed E-state index contributed by atoms with van der Waals surface area (Å²) in [6, 6.07) is 0. The zero-order chi connectivity index (χ0) is 9.97. The number of halogens is 1. The molecule has 14 heavy (non-hydrogen) atoms. The van der Waals surface area contributed by atoms with Gasteiger partial charge < -0.3 is 5.73 Å². The minimum atomic E-state index is 0.639. The average molecular weight is 233 g/mol. The largest absolute Gasteiger partial charge is 0.330 e. The Hall–Kier alpha value is -0.230. The molecule has 1 aliphatic rings. The molecule has 1 aliphatic heterocycles. The van der Waals surface area contributed by atoms with Gasteiger partial charge in [0, 0.05) is 24.6 Å². The first-order chi connectivity index (χ1) is 6.79. The summed E-state index contributed by atoms with van der Waals surface area (Å²) in [6.45, 7) is 3.74. The van der Waals surface area contributed by atoms with Gasteiger partial charge in [-0.15, -0.1) is 5.10 Å². The second-order valence-electron chi connectivity index (χ2n) is 3.62. The van der Waals surface area contributed by atoms with Crippen LogP contribution in [-0.4, -0.2) is 34.1 Å². The van der Waals surface area contributed by atoms with Crippen LogP contribution in [0.5, 0.6) is 0 Å². The molecule has 1 aromatic heterocycles. The van der Waals surface area contributed by atoms with Crippen LogP contribution >= 0.6 is 23.1 Å². The Morgan fingerprint density at radius 1 is 1.64 bits per heavy atom. The van der Waals surface area contributed by atoms with Crippen molar-refractivity contribution in [1.29, 1.82) is 0 Å². The van der Waals surface area contributed by atoms with Crippen molar-refractivity contribution in [3.05, 3.63) is 10.0 Å². The van der Waals surface area contributed by atoms with E-state index in [1.807, 2.05) is 0 Å². The van der Waals surface area contributed by atoms with Crippen LogP contribution in [0.3, 0.4) is 0 Å². The maximum Gasteiger partial charge on any atom is 0.138 e. The molecule has 2 rings (SSSR count). The van der Waals surface area contributed by atoms with Crippen molar-refractivity contribution in [2.24, 2.45) is 11.7 Å². The van der Waals surface area contributed by atoms with Crippen LogP contribution in [-0.2, 0) is 6.54 Å². The number of nitrogens with zero attached hydrogens (tertiary/aromatic N) is 3. The second-order valence-corrected chi connectivity index (χ2v) is 4.98. The molecule has 2 heterocycles. The van der Waals surface area contributed by atoms with Crippen LogP contribution in [0.1, 0.15) is 12.1 Å². The van der Waals surface area contributed by atoms with Gasteiger partial charge in [-0.05, 0) is 25.4 Å². The van der Waals surface area contributed by atoms with E-state index in [9.17, 15) is 0 Å². The fourth-order valence-electron chi connectivity index (χ4n) is 1.75. The summed E-state index contributed by atoms with van der Waals surface area (Å²) in [4.78, 5) is 2.33. The highest BCUT2D eigenvalue weighted by molar-refractivity contribution is 7.10. The second kappa shape index (κ2) is 4.53. The molecule has 0 radical (unpaired) electrons. The highest BCUT2D eigenvalue weighted by Crippen LogP contribution is 2.22. The van der Waals surface area contributed by atoms with Gasteiger partial charge in [-0.25, -0.2) is 0 Å². The molecule has 1 fully saturated rings. The minimum Gasteiger partial charge on any atom is -0.330 e. The predicted molar refractivity (Wildman–Crippen MR) is 57.4 cm³/mol. The van der Waals surface area contributed by atoms with Gasteiger partial charge in [0.05, 0.1) is 0 Å². The molecular formula is C8H13ClN4S. The molecule has 0 spiro atoms. The van der Waals surface area contributed by atoms with E-state index < -0.39 is 0 Å². The first-order valence-electron chi connectivity index (χ1n) is 4.68. The average Bonchev–Trinajstić information content (AvgIpc) is 2.77. The lowest BCUT2D eigenvalue weighted by molar-refractivity contribution is 0.314. The molecule has 0 bridgehead atoms. The monoisotopic (exact) mass is 232 g/mol. The van der Waals surface area contributed by atoms with Crippen LogP contribution in [0.2, 0.25) is 4.34 Å². The van der Waals surface area contributed by atoms with E-state index in [1.54, 1.807) is 0 Å². The Labute approximate surface area is 92.2 Å². The van der Waals surface area contributed by atoms with E-state index in [1.165, 1.54) is 18.0 Å². The molecule has 78 valence electrons. The predicted octanol–water partition coefficient (Wildman–Crippen LogP) is 0.972. The third kappa shape index (κ3) is 2.23. The Bertz CT molecular complexity index is 303. The van der Waals surface area contributed by atoms with Gasteiger partial charge in [-0.3, -0.25) is 4.90 Å². The van der Waals surface area contributed by atoms with Crippen molar-refractivity contribution >= 4 is 23.1 Å². The van der Waals surface area contributed by atoms with Crippen LogP contribution in [0.25, 0.3) is 0 Å². The third-order valence-electron chi connectivity index (χ3n) is 2.59.